The van der Waals surface area contributed by atoms with Crippen LogP contribution in [0.3, 0.4) is 0 Å². The van der Waals surface area contributed by atoms with Crippen LogP contribution in [0, 0.1) is 40.4 Å². The average molecular weight is 1050 g/mol. The molecule has 4 aliphatic heterocycles. The molecule has 1 saturated carbocycles. The van der Waals surface area contributed by atoms with E-state index < -0.39 is 57.8 Å². The minimum atomic E-state index is -4.71. The number of amides is 3. The molecule has 4 atom stereocenters. The third-order valence-corrected chi connectivity index (χ3v) is 16.7. The number of aromatic nitrogens is 2. The van der Waals surface area contributed by atoms with Crippen LogP contribution < -0.4 is 25.6 Å². The molecule has 5 aliphatic rings. The lowest BCUT2D eigenvalue weighted by atomic mass is 9.49. The van der Waals surface area contributed by atoms with Gasteiger partial charge in [0.2, 0.25) is 11.8 Å². The summed E-state index contributed by atoms with van der Waals surface area (Å²) in [6.45, 7) is 19.1. The molecule has 75 heavy (non-hydrogen) atoms. The number of rotatable bonds is 16. The van der Waals surface area contributed by atoms with Crippen LogP contribution in [0.5, 0.6) is 5.75 Å². The first-order chi connectivity index (χ1) is 35.5. The largest absolute Gasteiger partial charge is 0.489 e. The number of anilines is 1. The quantitative estimate of drug-likeness (QED) is 0.0890. The Bertz CT molecular complexity index is 2800. The maximum absolute atomic E-state index is 14.3. The van der Waals surface area contributed by atoms with E-state index in [1.165, 1.54) is 11.0 Å². The van der Waals surface area contributed by atoms with Crippen molar-refractivity contribution in [2.45, 2.75) is 97.4 Å². The Morgan fingerprint density at radius 1 is 1.00 bits per heavy atom. The molecule has 20 heteroatoms. The number of nitrogens with one attached hydrogen (secondary N) is 3. The molecular formula is C55H66F3N9O7S. The highest BCUT2D eigenvalue weighted by atomic mass is 32.1. The number of carbonyl (C=O) groups excluding carboxylic acids is 3. The number of aliphatic hydroxyl groups is 1. The number of carbonyl (C=O) groups is 3. The molecule has 4 N–H and O–H groups in total. The van der Waals surface area contributed by atoms with E-state index in [4.69, 9.17) is 14.2 Å². The van der Waals surface area contributed by atoms with E-state index in [0.717, 1.165) is 71.5 Å². The monoisotopic (exact) mass is 1050 g/mol. The zero-order chi connectivity index (χ0) is 53.6. The summed E-state index contributed by atoms with van der Waals surface area (Å²) >= 11 is 1.58. The number of nitriles is 1. The number of pyridine rings is 1. The molecule has 400 valence electrons. The van der Waals surface area contributed by atoms with Crippen LogP contribution in [0.15, 0.2) is 78.1 Å². The van der Waals surface area contributed by atoms with Crippen molar-refractivity contribution in [2.75, 3.05) is 70.6 Å². The van der Waals surface area contributed by atoms with Gasteiger partial charge in [-0.2, -0.15) is 18.4 Å². The van der Waals surface area contributed by atoms with Crippen molar-refractivity contribution in [1.82, 2.24) is 35.7 Å². The Balaban J connectivity index is 0.711. The van der Waals surface area contributed by atoms with Crippen molar-refractivity contribution in [3.05, 3.63) is 106 Å². The first-order valence-corrected chi connectivity index (χ1v) is 26.4. The number of nitrogens with zero attached hydrogens (tertiary/aromatic N) is 6. The van der Waals surface area contributed by atoms with Crippen molar-refractivity contribution < 1.29 is 46.9 Å². The summed E-state index contributed by atoms with van der Waals surface area (Å²) in [4.78, 5) is 58.0. The molecule has 0 spiro atoms. The second kappa shape index (κ2) is 21.1. The lowest BCUT2D eigenvalue weighted by Gasteiger charge is -2.63. The van der Waals surface area contributed by atoms with Gasteiger partial charge in [0.05, 0.1) is 77.4 Å². The van der Waals surface area contributed by atoms with Crippen LogP contribution in [0.25, 0.3) is 10.4 Å². The SMILES string of the molecule is Cc1ncsc1-c1ccc([C@@H](NC(=O)[C@@H]2C[C@@H](O)CN2C(=O)C2NC(COCCN3CCN(c4ccc(C(=O)NC5C(C)(C)C(Oc6ccc(C#N)c(C(F)(F)F)c6)C5(C)C)cn4)CC3)=CC2(C)C)C2COC2)cc1. The Morgan fingerprint density at radius 2 is 1.72 bits per heavy atom. The number of likely N-dealkylation sites (tertiary alicyclic amines) is 1. The van der Waals surface area contributed by atoms with Gasteiger partial charge in [-0.25, -0.2) is 9.97 Å². The Kier molecular flexibility index (Phi) is 15.1. The number of β-amino-alcohol motifs (C(OH)–C–C–N with tert-alkyl or cyclic N) is 1. The number of hydrogen-bond donors (Lipinski definition) is 4. The summed E-state index contributed by atoms with van der Waals surface area (Å²) in [5.41, 5.74) is 2.57. The smallest absolute Gasteiger partial charge is 0.417 e. The highest BCUT2D eigenvalue weighted by Crippen LogP contribution is 2.56. The summed E-state index contributed by atoms with van der Waals surface area (Å²) in [7, 11) is 0. The number of aliphatic hydroxyl groups excluding tert-OH is 1. The van der Waals surface area contributed by atoms with Crippen molar-refractivity contribution in [3.63, 3.8) is 0 Å². The van der Waals surface area contributed by atoms with Crippen molar-refractivity contribution in [3.8, 4) is 22.3 Å². The van der Waals surface area contributed by atoms with Crippen LogP contribution in [0.4, 0.5) is 19.0 Å². The lowest BCUT2D eigenvalue weighted by molar-refractivity contribution is -0.164. The van der Waals surface area contributed by atoms with Crippen LogP contribution >= 0.6 is 11.3 Å². The number of thiazole rings is 1. The van der Waals surface area contributed by atoms with Gasteiger partial charge >= 0.3 is 6.18 Å². The predicted molar refractivity (Wildman–Crippen MR) is 275 cm³/mol. The second-order valence-corrected chi connectivity index (χ2v) is 23.1. The van der Waals surface area contributed by atoms with E-state index in [2.05, 4.69) is 35.7 Å². The van der Waals surface area contributed by atoms with E-state index >= 15 is 0 Å². The normalized spacial score (nSPS) is 24.5. The summed E-state index contributed by atoms with van der Waals surface area (Å²) < 4.78 is 58.7. The zero-order valence-corrected chi connectivity index (χ0v) is 44.2. The highest BCUT2D eigenvalue weighted by molar-refractivity contribution is 7.13. The molecule has 6 heterocycles. The topological polar surface area (TPSA) is 195 Å². The molecule has 1 unspecified atom stereocenters. The highest BCUT2D eigenvalue weighted by Gasteiger charge is 2.64. The molecule has 2 aromatic carbocycles. The van der Waals surface area contributed by atoms with E-state index in [0.29, 0.717) is 31.9 Å². The summed E-state index contributed by atoms with van der Waals surface area (Å²) in [6, 6.07) is 14.5. The minimum Gasteiger partial charge on any atom is -0.489 e. The van der Waals surface area contributed by atoms with Crippen molar-refractivity contribution >= 4 is 34.9 Å². The number of benzene rings is 2. The number of alkyl halides is 3. The fourth-order valence-electron chi connectivity index (χ4n) is 11.8. The molecule has 16 nitrogen and oxygen atoms in total. The summed E-state index contributed by atoms with van der Waals surface area (Å²) in [5.74, 6) is -0.0358. The van der Waals surface area contributed by atoms with E-state index in [1.54, 1.807) is 29.7 Å². The Labute approximate surface area is 439 Å². The standard InChI is InChI=1S/C55H66F3N9O7S/c1-32-45(75-31-61-32)34-10-8-33(9-11-34)44(37-28-73-29-37)63-48(70)42-22-39(68)27-67(42)49(71)46-52(2,3)24-38(62-46)30-72-21-20-65-16-18-66(19-17-65)43-15-13-36(26-60-43)47(69)64-50-53(4,5)51(54(50,6)7)74-40-14-12-35(25-59)41(23-40)55(56,57)58/h8-15,23-24,26,31,37,39,42,44,46,50-51,62,68H,16-22,27-30H2,1-7H3,(H,63,70)(H,64,69)/t39-,42+,44-,46?,50?,51?/m1/s1. The van der Waals surface area contributed by atoms with Gasteiger partial charge in [-0.1, -0.05) is 71.9 Å². The number of aryl methyl sites for hydroxylation is 1. The average Bonchev–Trinajstić information content (AvgIpc) is 4.10. The van der Waals surface area contributed by atoms with Crippen LogP contribution in [-0.4, -0.2) is 139 Å². The predicted octanol–water partition coefficient (Wildman–Crippen LogP) is 6.50. The summed E-state index contributed by atoms with van der Waals surface area (Å²) in [5, 5.41) is 29.8. The van der Waals surface area contributed by atoms with E-state index in [9.17, 15) is 37.9 Å². The number of hydrogen-bond acceptors (Lipinski definition) is 14. The third-order valence-electron chi connectivity index (χ3n) is 15.7. The molecular weight excluding hydrogens is 988 g/mol. The number of ether oxygens (including phenoxy) is 3. The molecule has 9 rings (SSSR count). The van der Waals surface area contributed by atoms with Gasteiger partial charge in [-0.3, -0.25) is 19.3 Å². The maximum Gasteiger partial charge on any atom is 0.417 e. The lowest BCUT2D eigenvalue weighted by Crippen LogP contribution is -2.74. The molecule has 0 bridgehead atoms. The van der Waals surface area contributed by atoms with Gasteiger partial charge in [0, 0.05) is 85.8 Å². The molecule has 0 radical (unpaired) electrons. The summed E-state index contributed by atoms with van der Waals surface area (Å²) in [6.07, 6.45) is -2.36. The molecule has 4 fully saturated rings. The van der Waals surface area contributed by atoms with Crippen molar-refractivity contribution in [1.29, 1.82) is 5.26 Å². The molecule has 3 saturated heterocycles. The fourth-order valence-corrected chi connectivity index (χ4v) is 12.6. The number of halogens is 3. The third kappa shape index (κ3) is 11.1. The first kappa shape index (κ1) is 53.7. The van der Waals surface area contributed by atoms with Gasteiger partial charge in [-0.15, -0.1) is 11.3 Å². The number of piperazine rings is 1. The van der Waals surface area contributed by atoms with E-state index in [1.807, 2.05) is 90.4 Å². The van der Waals surface area contributed by atoms with Gasteiger partial charge in [0.25, 0.3) is 5.91 Å². The molecule has 2 aromatic heterocycles. The molecule has 3 amide bonds. The zero-order valence-electron chi connectivity index (χ0n) is 43.4. The van der Waals surface area contributed by atoms with Gasteiger partial charge < -0.3 is 45.1 Å². The van der Waals surface area contributed by atoms with E-state index in [-0.39, 0.29) is 61.0 Å². The molecule has 4 aromatic rings. The maximum atomic E-state index is 14.3. The van der Waals surface area contributed by atoms with Crippen LogP contribution in [-0.2, 0) is 25.2 Å². The Hall–Kier alpha value is -6.11. The second-order valence-electron chi connectivity index (χ2n) is 22.3. The molecule has 1 aliphatic carbocycles. The van der Waals surface area contributed by atoms with Crippen LogP contribution in [0.1, 0.15) is 86.7 Å². The minimum absolute atomic E-state index is 0.00163. The van der Waals surface area contributed by atoms with Gasteiger partial charge in [0.15, 0.2) is 0 Å². The van der Waals surface area contributed by atoms with Gasteiger partial charge in [0.1, 0.15) is 29.8 Å². The van der Waals surface area contributed by atoms with Crippen molar-refractivity contribution in [2.24, 2.45) is 22.2 Å². The Morgan fingerprint density at radius 3 is 2.33 bits per heavy atom. The fraction of sp³-hybridized carbons (Fsp3) is 0.527. The van der Waals surface area contributed by atoms with Gasteiger partial charge in [-0.05, 0) is 48.4 Å². The van der Waals surface area contributed by atoms with Crippen LogP contribution in [0.2, 0.25) is 0 Å². The first-order valence-electron chi connectivity index (χ1n) is 25.5.